The van der Waals surface area contributed by atoms with E-state index in [2.05, 4.69) is 71.1 Å². The maximum absolute atomic E-state index is 11.5. The van der Waals surface area contributed by atoms with Gasteiger partial charge in [0.25, 0.3) is 0 Å². The van der Waals surface area contributed by atoms with Crippen LogP contribution in [0.3, 0.4) is 0 Å². The van der Waals surface area contributed by atoms with Gasteiger partial charge in [-0.1, -0.05) is 35.9 Å². The summed E-state index contributed by atoms with van der Waals surface area (Å²) in [6.45, 7) is 3.15. The van der Waals surface area contributed by atoms with Crippen LogP contribution in [-0.2, 0) is 6.42 Å². The molecule has 0 saturated carbocycles. The molecule has 164 valence electrons. The number of nitrogens with one attached hydrogen (secondary N) is 3. The van der Waals surface area contributed by atoms with Gasteiger partial charge in [-0.05, 0) is 67.4 Å². The van der Waals surface area contributed by atoms with Gasteiger partial charge in [-0.25, -0.2) is 0 Å². The van der Waals surface area contributed by atoms with Crippen molar-refractivity contribution in [1.29, 1.82) is 0 Å². The Kier molecular flexibility index (Phi) is 6.54. The fourth-order valence-electron chi connectivity index (χ4n) is 3.69. The van der Waals surface area contributed by atoms with Crippen molar-refractivity contribution in [2.75, 3.05) is 18.4 Å². The molecule has 1 atom stereocenters. The molecule has 3 aromatic carbocycles. The van der Waals surface area contributed by atoms with E-state index in [1.54, 1.807) is 12.1 Å². The average molecular weight is 430 g/mol. The number of hydrogen-bond donors (Lipinski definition) is 5. The van der Waals surface area contributed by atoms with Crippen molar-refractivity contribution in [2.45, 2.75) is 19.4 Å². The standard InChI is InChI=1S/C26H27N3O3/c1-17-2-6-19(7-3-17)28-20-8-4-18(5-9-20)14-15-27-16-24(31)21-10-12-23(30)26-22(21)11-13-25(32)29-26/h2-13,24,27-28,30-31H,14-16H2,1H3,(H,29,32)/t24-/m0/s1. The van der Waals surface area contributed by atoms with Crippen LogP contribution in [0.15, 0.2) is 77.6 Å². The SMILES string of the molecule is Cc1ccc(Nc2ccc(CCNC[C@H](O)c3ccc(O)c4[nH]c(=O)ccc34)cc2)cc1. The van der Waals surface area contributed by atoms with E-state index >= 15 is 0 Å². The summed E-state index contributed by atoms with van der Waals surface area (Å²) in [7, 11) is 0. The first-order valence-corrected chi connectivity index (χ1v) is 10.7. The molecule has 0 aliphatic heterocycles. The number of anilines is 2. The molecule has 0 unspecified atom stereocenters. The van der Waals surface area contributed by atoms with E-state index in [0.29, 0.717) is 29.6 Å². The molecule has 6 nitrogen and oxygen atoms in total. The Hall–Kier alpha value is -3.61. The van der Waals surface area contributed by atoms with Crippen LogP contribution in [0.1, 0.15) is 22.8 Å². The largest absolute Gasteiger partial charge is 0.506 e. The molecule has 0 radical (unpaired) electrons. The Balaban J connectivity index is 1.30. The van der Waals surface area contributed by atoms with Crippen molar-refractivity contribution < 1.29 is 10.2 Å². The van der Waals surface area contributed by atoms with Crippen molar-refractivity contribution >= 4 is 22.3 Å². The summed E-state index contributed by atoms with van der Waals surface area (Å²) in [6, 6.07) is 22.8. The molecule has 0 amide bonds. The average Bonchev–Trinajstić information content (AvgIpc) is 2.80. The highest BCUT2D eigenvalue weighted by atomic mass is 16.3. The molecule has 6 heteroatoms. The number of aromatic nitrogens is 1. The number of aliphatic hydroxyl groups is 1. The maximum atomic E-state index is 11.5. The van der Waals surface area contributed by atoms with E-state index in [4.69, 9.17) is 0 Å². The number of aromatic amines is 1. The van der Waals surface area contributed by atoms with Gasteiger partial charge in [-0.2, -0.15) is 0 Å². The number of benzene rings is 3. The molecule has 0 aliphatic rings. The third-order valence-electron chi connectivity index (χ3n) is 5.49. The Labute approximate surface area is 186 Å². The van der Waals surface area contributed by atoms with Crippen molar-refractivity contribution in [1.82, 2.24) is 10.3 Å². The molecular weight excluding hydrogens is 402 g/mol. The summed E-state index contributed by atoms with van der Waals surface area (Å²) in [6.07, 6.45) is 0.0753. The molecule has 0 fully saturated rings. The highest BCUT2D eigenvalue weighted by molar-refractivity contribution is 5.87. The topological polar surface area (TPSA) is 97.4 Å². The molecule has 0 saturated heterocycles. The van der Waals surface area contributed by atoms with Crippen LogP contribution in [0, 0.1) is 6.92 Å². The summed E-state index contributed by atoms with van der Waals surface area (Å²) in [5.41, 5.74) is 5.24. The van der Waals surface area contributed by atoms with Crippen LogP contribution in [-0.4, -0.2) is 28.3 Å². The molecule has 4 rings (SSSR count). The number of phenolic OH excluding ortho intramolecular Hbond substituents is 1. The van der Waals surface area contributed by atoms with Gasteiger partial charge in [-0.15, -0.1) is 0 Å². The number of rotatable bonds is 8. The first-order valence-electron chi connectivity index (χ1n) is 10.7. The summed E-state index contributed by atoms with van der Waals surface area (Å²) >= 11 is 0. The van der Waals surface area contributed by atoms with Gasteiger partial charge in [0.2, 0.25) is 5.56 Å². The molecule has 32 heavy (non-hydrogen) atoms. The number of H-pyrrole nitrogens is 1. The van der Waals surface area contributed by atoms with E-state index in [0.717, 1.165) is 17.8 Å². The minimum atomic E-state index is -0.759. The third kappa shape index (κ3) is 5.17. The van der Waals surface area contributed by atoms with E-state index in [1.807, 2.05) is 0 Å². The summed E-state index contributed by atoms with van der Waals surface area (Å²) in [4.78, 5) is 14.2. The third-order valence-corrected chi connectivity index (χ3v) is 5.49. The van der Waals surface area contributed by atoms with E-state index in [9.17, 15) is 15.0 Å². The highest BCUT2D eigenvalue weighted by Crippen LogP contribution is 2.28. The van der Waals surface area contributed by atoms with E-state index < -0.39 is 6.10 Å². The smallest absolute Gasteiger partial charge is 0.248 e. The number of phenols is 1. The Morgan fingerprint density at radius 3 is 2.31 bits per heavy atom. The lowest BCUT2D eigenvalue weighted by atomic mass is 10.0. The monoisotopic (exact) mass is 429 g/mol. The first kappa shape index (κ1) is 21.6. The zero-order valence-electron chi connectivity index (χ0n) is 17.9. The Morgan fingerprint density at radius 1 is 0.906 bits per heavy atom. The van der Waals surface area contributed by atoms with Gasteiger partial charge in [-0.3, -0.25) is 4.79 Å². The molecule has 1 aromatic heterocycles. The minimum absolute atomic E-state index is 0.0121. The fraction of sp³-hybridized carbons (Fsp3) is 0.192. The Morgan fingerprint density at radius 2 is 1.59 bits per heavy atom. The first-order chi connectivity index (χ1) is 15.5. The normalized spacial score (nSPS) is 12.1. The summed E-state index contributed by atoms with van der Waals surface area (Å²) in [5, 5.41) is 27.9. The van der Waals surface area contributed by atoms with Crippen molar-refractivity contribution in [3.63, 3.8) is 0 Å². The van der Waals surface area contributed by atoms with Crippen LogP contribution >= 0.6 is 0 Å². The second-order valence-corrected chi connectivity index (χ2v) is 7.94. The lowest BCUT2D eigenvalue weighted by Gasteiger charge is -2.15. The van der Waals surface area contributed by atoms with Crippen LogP contribution in [0.5, 0.6) is 5.75 Å². The number of pyridine rings is 1. The second kappa shape index (κ2) is 9.68. The summed E-state index contributed by atoms with van der Waals surface area (Å²) in [5.74, 6) is -0.0121. The van der Waals surface area contributed by atoms with E-state index in [-0.39, 0.29) is 11.3 Å². The van der Waals surface area contributed by atoms with E-state index in [1.165, 1.54) is 23.3 Å². The van der Waals surface area contributed by atoms with Crippen LogP contribution in [0.25, 0.3) is 10.9 Å². The van der Waals surface area contributed by atoms with Gasteiger partial charge in [0.15, 0.2) is 0 Å². The van der Waals surface area contributed by atoms with Crippen molar-refractivity contribution in [3.8, 4) is 5.75 Å². The van der Waals surface area contributed by atoms with Crippen LogP contribution in [0.4, 0.5) is 11.4 Å². The number of hydrogen-bond acceptors (Lipinski definition) is 5. The predicted octanol–water partition coefficient (Wildman–Crippen LogP) is 4.15. The van der Waals surface area contributed by atoms with Gasteiger partial charge in [0.05, 0.1) is 11.6 Å². The zero-order valence-corrected chi connectivity index (χ0v) is 17.9. The summed E-state index contributed by atoms with van der Waals surface area (Å²) < 4.78 is 0. The molecule has 5 N–H and O–H groups in total. The molecule has 0 aliphatic carbocycles. The predicted molar refractivity (Wildman–Crippen MR) is 129 cm³/mol. The number of aromatic hydroxyl groups is 1. The number of aliphatic hydroxyl groups excluding tert-OH is 1. The van der Waals surface area contributed by atoms with Gasteiger partial charge >= 0.3 is 0 Å². The lowest BCUT2D eigenvalue weighted by molar-refractivity contribution is 0.176. The van der Waals surface area contributed by atoms with Gasteiger partial charge in [0, 0.05) is 29.4 Å². The van der Waals surface area contributed by atoms with Crippen LogP contribution in [0.2, 0.25) is 0 Å². The highest BCUT2D eigenvalue weighted by Gasteiger charge is 2.13. The molecule has 0 bridgehead atoms. The Bertz CT molecular complexity index is 1250. The molecular formula is C26H27N3O3. The number of aryl methyl sites for hydroxylation is 1. The van der Waals surface area contributed by atoms with Gasteiger partial charge in [0.1, 0.15) is 5.75 Å². The second-order valence-electron chi connectivity index (χ2n) is 7.94. The van der Waals surface area contributed by atoms with Crippen LogP contribution < -0.4 is 16.2 Å². The lowest BCUT2D eigenvalue weighted by Crippen LogP contribution is -2.24. The number of fused-ring (bicyclic) bond motifs is 1. The quantitative estimate of drug-likeness (QED) is 0.271. The molecule has 0 spiro atoms. The zero-order chi connectivity index (χ0) is 22.5. The molecule has 1 heterocycles. The van der Waals surface area contributed by atoms with Crippen molar-refractivity contribution in [3.05, 3.63) is 99.8 Å². The molecule has 4 aromatic rings. The van der Waals surface area contributed by atoms with Gasteiger partial charge < -0.3 is 25.8 Å². The fourth-order valence-corrected chi connectivity index (χ4v) is 3.69. The van der Waals surface area contributed by atoms with Crippen molar-refractivity contribution in [2.24, 2.45) is 0 Å². The maximum Gasteiger partial charge on any atom is 0.248 e. The minimum Gasteiger partial charge on any atom is -0.506 e.